The summed E-state index contributed by atoms with van der Waals surface area (Å²) in [5.74, 6) is 8.46. The highest BCUT2D eigenvalue weighted by Crippen LogP contribution is 2.58. The smallest absolute Gasteiger partial charge is 0.123 e. The molecule has 25 heavy (non-hydrogen) atoms. The summed E-state index contributed by atoms with van der Waals surface area (Å²) in [6.07, 6.45) is 6.70. The molecule has 2 fully saturated rings. The second kappa shape index (κ2) is 8.89. The molecule has 2 aliphatic rings. The minimum atomic E-state index is -0.417. The molecular weight excluding hydrogens is 312 g/mol. The SMILES string of the molecule is CCOCCOC(C)(C)C#CC[C@@H](C)[C@H]1CC[C@H]2[C@@H](O)CCC[C@]12C. The molecule has 0 amide bonds. The number of hydrogen-bond acceptors (Lipinski definition) is 3. The van der Waals surface area contributed by atoms with Gasteiger partial charge < -0.3 is 14.6 Å². The molecule has 0 aromatic rings. The molecule has 1 N–H and O–H groups in total. The molecule has 0 unspecified atom stereocenters. The van der Waals surface area contributed by atoms with Gasteiger partial charge in [0.05, 0.1) is 19.3 Å². The van der Waals surface area contributed by atoms with Crippen LogP contribution in [0.5, 0.6) is 0 Å². The van der Waals surface area contributed by atoms with Crippen LogP contribution < -0.4 is 0 Å². The van der Waals surface area contributed by atoms with Gasteiger partial charge in [0.15, 0.2) is 0 Å². The Kier molecular flexibility index (Phi) is 7.38. The van der Waals surface area contributed by atoms with Crippen LogP contribution in [0.15, 0.2) is 0 Å². The minimum Gasteiger partial charge on any atom is -0.393 e. The van der Waals surface area contributed by atoms with Crippen molar-refractivity contribution in [3.63, 3.8) is 0 Å². The lowest BCUT2D eigenvalue weighted by atomic mass is 9.61. The van der Waals surface area contributed by atoms with Crippen LogP contribution >= 0.6 is 0 Å². The first kappa shape index (κ1) is 20.7. The van der Waals surface area contributed by atoms with Gasteiger partial charge in [-0.2, -0.15) is 0 Å². The molecule has 3 nitrogen and oxygen atoms in total. The van der Waals surface area contributed by atoms with E-state index in [4.69, 9.17) is 9.47 Å². The lowest BCUT2D eigenvalue weighted by Crippen LogP contribution is -2.41. The summed E-state index contributed by atoms with van der Waals surface area (Å²) >= 11 is 0. The monoisotopic (exact) mass is 350 g/mol. The summed E-state index contributed by atoms with van der Waals surface area (Å²) < 4.78 is 11.1. The first-order valence-corrected chi connectivity index (χ1v) is 10.2. The third-order valence-corrected chi connectivity index (χ3v) is 6.56. The average molecular weight is 351 g/mol. The molecule has 0 aromatic heterocycles. The van der Waals surface area contributed by atoms with Crippen molar-refractivity contribution in [3.05, 3.63) is 0 Å². The second-order valence-corrected chi connectivity index (χ2v) is 8.79. The zero-order valence-electron chi connectivity index (χ0n) is 16.9. The van der Waals surface area contributed by atoms with Crippen LogP contribution in [0.3, 0.4) is 0 Å². The molecule has 0 radical (unpaired) electrons. The molecule has 2 saturated carbocycles. The maximum absolute atomic E-state index is 10.4. The van der Waals surface area contributed by atoms with Crippen molar-refractivity contribution >= 4 is 0 Å². The van der Waals surface area contributed by atoms with Gasteiger partial charge in [0.2, 0.25) is 0 Å². The van der Waals surface area contributed by atoms with Crippen LogP contribution in [0.4, 0.5) is 0 Å². The van der Waals surface area contributed by atoms with Gasteiger partial charge in [0.1, 0.15) is 5.60 Å². The molecule has 0 aliphatic heterocycles. The number of ether oxygens (including phenoxy) is 2. The predicted molar refractivity (Wildman–Crippen MR) is 102 cm³/mol. The molecule has 2 rings (SSSR count). The topological polar surface area (TPSA) is 38.7 Å². The lowest BCUT2D eigenvalue weighted by Gasteiger charge is -2.45. The molecular formula is C22H38O3. The van der Waals surface area contributed by atoms with E-state index < -0.39 is 5.60 Å². The van der Waals surface area contributed by atoms with Crippen LogP contribution in [0.1, 0.15) is 73.1 Å². The minimum absolute atomic E-state index is 0.0836. The maximum Gasteiger partial charge on any atom is 0.123 e. The van der Waals surface area contributed by atoms with Crippen LogP contribution in [-0.2, 0) is 9.47 Å². The number of rotatable bonds is 7. The maximum atomic E-state index is 10.4. The summed E-state index contributed by atoms with van der Waals surface area (Å²) in [5, 5.41) is 10.4. The largest absolute Gasteiger partial charge is 0.393 e. The van der Waals surface area contributed by atoms with E-state index in [-0.39, 0.29) is 6.10 Å². The first-order chi connectivity index (χ1) is 11.8. The van der Waals surface area contributed by atoms with Gasteiger partial charge in [0, 0.05) is 13.0 Å². The van der Waals surface area contributed by atoms with E-state index in [1.54, 1.807) is 0 Å². The summed E-state index contributed by atoms with van der Waals surface area (Å²) in [7, 11) is 0. The van der Waals surface area contributed by atoms with Crippen molar-refractivity contribution in [1.82, 2.24) is 0 Å². The Labute approximate surface area is 154 Å². The Balaban J connectivity index is 1.87. The third kappa shape index (κ3) is 5.22. The summed E-state index contributed by atoms with van der Waals surface area (Å²) in [4.78, 5) is 0. The lowest BCUT2D eigenvalue weighted by molar-refractivity contribution is -0.0265. The summed E-state index contributed by atoms with van der Waals surface area (Å²) in [6, 6.07) is 0. The summed E-state index contributed by atoms with van der Waals surface area (Å²) in [5.41, 5.74) is -0.109. The van der Waals surface area contributed by atoms with Gasteiger partial charge >= 0.3 is 0 Å². The molecule has 5 atom stereocenters. The third-order valence-electron chi connectivity index (χ3n) is 6.56. The number of hydrogen-bond donors (Lipinski definition) is 1. The van der Waals surface area contributed by atoms with Crippen molar-refractivity contribution in [1.29, 1.82) is 0 Å². The van der Waals surface area contributed by atoms with Gasteiger partial charge in [-0.15, -0.1) is 0 Å². The van der Waals surface area contributed by atoms with E-state index >= 15 is 0 Å². The van der Waals surface area contributed by atoms with Crippen molar-refractivity contribution in [2.75, 3.05) is 19.8 Å². The number of aliphatic hydroxyl groups excluding tert-OH is 1. The Hall–Kier alpha value is -0.560. The van der Waals surface area contributed by atoms with Crippen molar-refractivity contribution in [2.45, 2.75) is 84.8 Å². The number of aliphatic hydroxyl groups is 1. The van der Waals surface area contributed by atoms with Crippen molar-refractivity contribution in [2.24, 2.45) is 23.2 Å². The Bertz CT molecular complexity index is 475. The van der Waals surface area contributed by atoms with Crippen LogP contribution in [0.2, 0.25) is 0 Å². The highest BCUT2D eigenvalue weighted by molar-refractivity contribution is 5.12. The van der Waals surface area contributed by atoms with E-state index in [0.29, 0.717) is 36.4 Å². The Morgan fingerprint density at radius 1 is 1.24 bits per heavy atom. The fraction of sp³-hybridized carbons (Fsp3) is 0.909. The van der Waals surface area contributed by atoms with Crippen molar-refractivity contribution < 1.29 is 14.6 Å². The Morgan fingerprint density at radius 3 is 2.72 bits per heavy atom. The quantitative estimate of drug-likeness (QED) is 0.545. The second-order valence-electron chi connectivity index (χ2n) is 8.79. The van der Waals surface area contributed by atoms with Gasteiger partial charge in [-0.05, 0) is 69.6 Å². The normalized spacial score (nSPS) is 33.4. The van der Waals surface area contributed by atoms with Crippen LogP contribution in [0, 0.1) is 35.0 Å². The highest BCUT2D eigenvalue weighted by atomic mass is 16.5. The fourth-order valence-electron chi connectivity index (χ4n) is 5.23. The molecule has 144 valence electrons. The molecule has 0 heterocycles. The van der Waals surface area contributed by atoms with Gasteiger partial charge in [-0.25, -0.2) is 0 Å². The van der Waals surface area contributed by atoms with E-state index in [9.17, 15) is 5.11 Å². The molecule has 0 spiro atoms. The molecule has 0 bridgehead atoms. The van der Waals surface area contributed by atoms with E-state index in [0.717, 1.165) is 19.4 Å². The summed E-state index contributed by atoms with van der Waals surface area (Å²) in [6.45, 7) is 12.8. The average Bonchev–Trinajstić information content (AvgIpc) is 2.90. The molecule has 0 aromatic carbocycles. The van der Waals surface area contributed by atoms with Gasteiger partial charge in [-0.3, -0.25) is 0 Å². The van der Waals surface area contributed by atoms with E-state index in [1.807, 2.05) is 20.8 Å². The van der Waals surface area contributed by atoms with Crippen LogP contribution in [-0.4, -0.2) is 36.6 Å². The van der Waals surface area contributed by atoms with E-state index in [1.165, 1.54) is 25.7 Å². The highest BCUT2D eigenvalue weighted by Gasteiger charge is 2.51. The predicted octanol–water partition coefficient (Wildman–Crippen LogP) is 4.43. The molecule has 3 heteroatoms. The zero-order valence-corrected chi connectivity index (χ0v) is 16.9. The first-order valence-electron chi connectivity index (χ1n) is 10.2. The van der Waals surface area contributed by atoms with E-state index in [2.05, 4.69) is 25.7 Å². The zero-order chi connectivity index (χ0) is 18.5. The van der Waals surface area contributed by atoms with Crippen molar-refractivity contribution in [3.8, 4) is 11.8 Å². The standard InChI is InChI=1S/C22H38O3/c1-6-24-15-16-25-21(3,4)13-7-9-17(2)18-11-12-19-20(23)10-8-14-22(18,19)5/h17-20,23H,6,8-12,14-16H2,1-5H3/t17-,18-,19+,20+,22-/m1/s1. The Morgan fingerprint density at radius 2 is 2.00 bits per heavy atom. The van der Waals surface area contributed by atoms with Gasteiger partial charge in [-0.1, -0.05) is 32.1 Å². The van der Waals surface area contributed by atoms with Crippen LogP contribution in [0.25, 0.3) is 0 Å². The molecule has 2 aliphatic carbocycles. The molecule has 0 saturated heterocycles. The number of fused-ring (bicyclic) bond motifs is 1. The fourth-order valence-corrected chi connectivity index (χ4v) is 5.23. The van der Waals surface area contributed by atoms with Gasteiger partial charge in [0.25, 0.3) is 0 Å².